The number of carbonyl (C=O) groups excluding carboxylic acids is 1. The van der Waals surface area contributed by atoms with Crippen LogP contribution in [0.15, 0.2) is 84.1 Å². The summed E-state index contributed by atoms with van der Waals surface area (Å²) in [4.78, 5) is 13.7. The summed E-state index contributed by atoms with van der Waals surface area (Å²) in [6.45, 7) is 7.14. The van der Waals surface area contributed by atoms with Gasteiger partial charge in [-0.05, 0) is 65.6 Å². The molecular formula is C31H34N2O2. The Kier molecular flexibility index (Phi) is 6.63. The molecule has 35 heavy (non-hydrogen) atoms. The first kappa shape index (κ1) is 23.2. The standard InChI is InChI=1S/C31H34N2O2/c1-4-21-9-11-22(12-10-21)24-17-28-30(29(34)18-24)31(33-27-8-6-5-7-26(27)32-28)23-13-15-25(16-14-23)35-19-20(2)3/h5-16,20,24,31-33H,4,17-19H2,1-3H3. The fraction of sp³-hybridized carbons (Fsp3) is 0.323. The van der Waals surface area contributed by atoms with Gasteiger partial charge in [0.05, 0.1) is 24.0 Å². The Labute approximate surface area is 208 Å². The first-order valence-corrected chi connectivity index (χ1v) is 12.7. The van der Waals surface area contributed by atoms with Crippen LogP contribution in [0.2, 0.25) is 0 Å². The van der Waals surface area contributed by atoms with Crippen molar-refractivity contribution in [1.29, 1.82) is 0 Å². The lowest BCUT2D eigenvalue weighted by Gasteiger charge is -2.30. The number of para-hydroxylation sites is 2. The van der Waals surface area contributed by atoms with Crippen LogP contribution in [0.25, 0.3) is 0 Å². The summed E-state index contributed by atoms with van der Waals surface area (Å²) in [5.41, 5.74) is 7.50. The van der Waals surface area contributed by atoms with Gasteiger partial charge >= 0.3 is 0 Å². The first-order valence-electron chi connectivity index (χ1n) is 12.7. The molecule has 0 aromatic heterocycles. The molecule has 1 heterocycles. The van der Waals surface area contributed by atoms with Crippen molar-refractivity contribution in [2.45, 2.75) is 52.0 Å². The van der Waals surface area contributed by atoms with Gasteiger partial charge in [-0.2, -0.15) is 0 Å². The predicted octanol–water partition coefficient (Wildman–Crippen LogP) is 7.26. The number of aryl methyl sites for hydroxylation is 1. The summed E-state index contributed by atoms with van der Waals surface area (Å²) < 4.78 is 5.89. The second kappa shape index (κ2) is 9.99. The number of allylic oxidation sites excluding steroid dienone is 1. The molecule has 5 rings (SSSR count). The van der Waals surface area contributed by atoms with Crippen molar-refractivity contribution in [3.63, 3.8) is 0 Å². The van der Waals surface area contributed by atoms with Gasteiger partial charge in [0.25, 0.3) is 0 Å². The Bertz CT molecular complexity index is 1230. The third-order valence-electron chi connectivity index (χ3n) is 6.97. The van der Waals surface area contributed by atoms with Gasteiger partial charge in [0.15, 0.2) is 5.78 Å². The molecule has 4 nitrogen and oxygen atoms in total. The SMILES string of the molecule is CCc1ccc(C2CC(=O)C3=C(C2)Nc2ccccc2NC3c2ccc(OCC(C)C)cc2)cc1. The number of hydrogen-bond acceptors (Lipinski definition) is 4. The molecule has 3 aromatic rings. The molecule has 0 fully saturated rings. The van der Waals surface area contributed by atoms with Crippen molar-refractivity contribution in [2.75, 3.05) is 17.2 Å². The molecule has 4 heteroatoms. The minimum Gasteiger partial charge on any atom is -0.493 e. The van der Waals surface area contributed by atoms with E-state index in [1.807, 2.05) is 24.3 Å². The summed E-state index contributed by atoms with van der Waals surface area (Å²) in [5, 5.41) is 7.29. The highest BCUT2D eigenvalue weighted by molar-refractivity contribution is 6.01. The molecule has 1 aliphatic carbocycles. The smallest absolute Gasteiger partial charge is 0.163 e. The largest absolute Gasteiger partial charge is 0.493 e. The third kappa shape index (κ3) is 4.97. The van der Waals surface area contributed by atoms with Crippen molar-refractivity contribution in [2.24, 2.45) is 5.92 Å². The van der Waals surface area contributed by atoms with Crippen molar-refractivity contribution >= 4 is 17.2 Å². The molecular weight excluding hydrogens is 432 g/mol. The van der Waals surface area contributed by atoms with Crippen LogP contribution in [0.5, 0.6) is 5.75 Å². The molecule has 2 unspecified atom stereocenters. The Hall–Kier alpha value is -3.53. The second-order valence-corrected chi connectivity index (χ2v) is 10.0. The number of ether oxygens (including phenoxy) is 1. The monoisotopic (exact) mass is 466 g/mol. The van der Waals surface area contributed by atoms with Gasteiger partial charge in [0, 0.05) is 17.7 Å². The van der Waals surface area contributed by atoms with Crippen molar-refractivity contribution in [3.05, 3.63) is 101 Å². The molecule has 0 saturated heterocycles. The zero-order chi connectivity index (χ0) is 24.4. The van der Waals surface area contributed by atoms with E-state index in [9.17, 15) is 4.79 Å². The van der Waals surface area contributed by atoms with E-state index >= 15 is 0 Å². The highest BCUT2D eigenvalue weighted by Crippen LogP contribution is 2.44. The van der Waals surface area contributed by atoms with E-state index in [1.54, 1.807) is 0 Å². The summed E-state index contributed by atoms with van der Waals surface area (Å²) in [5.74, 6) is 1.71. The van der Waals surface area contributed by atoms with Crippen LogP contribution in [0.1, 0.15) is 62.3 Å². The molecule has 2 atom stereocenters. The zero-order valence-corrected chi connectivity index (χ0v) is 20.8. The van der Waals surface area contributed by atoms with E-state index < -0.39 is 0 Å². The van der Waals surface area contributed by atoms with Gasteiger partial charge in [-0.3, -0.25) is 4.79 Å². The molecule has 2 N–H and O–H groups in total. The van der Waals surface area contributed by atoms with Crippen LogP contribution in [0, 0.1) is 5.92 Å². The molecule has 0 bridgehead atoms. The number of fused-ring (bicyclic) bond motifs is 1. The molecule has 0 saturated carbocycles. The van der Waals surface area contributed by atoms with Gasteiger partial charge < -0.3 is 15.4 Å². The van der Waals surface area contributed by atoms with Gasteiger partial charge in [0.2, 0.25) is 0 Å². The third-order valence-corrected chi connectivity index (χ3v) is 6.97. The summed E-state index contributed by atoms with van der Waals surface area (Å²) >= 11 is 0. The highest BCUT2D eigenvalue weighted by Gasteiger charge is 2.36. The molecule has 0 amide bonds. The lowest BCUT2D eigenvalue weighted by molar-refractivity contribution is -0.116. The lowest BCUT2D eigenvalue weighted by Crippen LogP contribution is -2.26. The molecule has 2 aliphatic rings. The quantitative estimate of drug-likeness (QED) is 0.401. The molecule has 3 aromatic carbocycles. The summed E-state index contributed by atoms with van der Waals surface area (Å²) in [7, 11) is 0. The second-order valence-electron chi connectivity index (χ2n) is 10.0. The maximum atomic E-state index is 13.7. The zero-order valence-electron chi connectivity index (χ0n) is 20.8. The van der Waals surface area contributed by atoms with E-state index in [0.717, 1.165) is 46.8 Å². The number of carbonyl (C=O) groups is 1. The summed E-state index contributed by atoms with van der Waals surface area (Å²) in [6.07, 6.45) is 2.36. The molecule has 180 valence electrons. The molecule has 1 aliphatic heterocycles. The average Bonchev–Trinajstić information content (AvgIpc) is 3.05. The number of benzene rings is 3. The number of anilines is 2. The van der Waals surface area contributed by atoms with Crippen LogP contribution in [-0.4, -0.2) is 12.4 Å². The fourth-order valence-electron chi connectivity index (χ4n) is 5.02. The van der Waals surface area contributed by atoms with Gasteiger partial charge in [-0.25, -0.2) is 0 Å². The fourth-order valence-corrected chi connectivity index (χ4v) is 5.02. The average molecular weight is 467 g/mol. The van der Waals surface area contributed by atoms with Crippen molar-refractivity contribution in [3.8, 4) is 5.75 Å². The van der Waals surface area contributed by atoms with Gasteiger partial charge in [0.1, 0.15) is 5.75 Å². The van der Waals surface area contributed by atoms with Crippen molar-refractivity contribution < 1.29 is 9.53 Å². The van der Waals surface area contributed by atoms with Crippen molar-refractivity contribution in [1.82, 2.24) is 0 Å². The van der Waals surface area contributed by atoms with Crippen LogP contribution >= 0.6 is 0 Å². The molecule has 0 spiro atoms. The Morgan fingerprint density at radius 2 is 1.57 bits per heavy atom. The summed E-state index contributed by atoms with van der Waals surface area (Å²) in [6, 6.07) is 24.9. The first-order chi connectivity index (χ1) is 17.0. The van der Waals surface area contributed by atoms with Crippen LogP contribution in [0.3, 0.4) is 0 Å². The minimum atomic E-state index is -0.212. The Balaban J connectivity index is 1.50. The Morgan fingerprint density at radius 1 is 0.886 bits per heavy atom. The van der Waals surface area contributed by atoms with Crippen LogP contribution in [-0.2, 0) is 11.2 Å². The van der Waals surface area contributed by atoms with E-state index in [1.165, 1.54) is 11.1 Å². The predicted molar refractivity (Wildman–Crippen MR) is 143 cm³/mol. The topological polar surface area (TPSA) is 50.4 Å². The van der Waals surface area contributed by atoms with Gasteiger partial charge in [-0.15, -0.1) is 0 Å². The number of Topliss-reactive ketones (excluding diaryl/α,β-unsaturated/α-hetero) is 1. The number of nitrogens with one attached hydrogen (secondary N) is 2. The number of ketones is 1. The number of rotatable bonds is 6. The maximum absolute atomic E-state index is 13.7. The normalized spacial score (nSPS) is 19.4. The number of hydrogen-bond donors (Lipinski definition) is 2. The van der Waals surface area contributed by atoms with Crippen LogP contribution < -0.4 is 15.4 Å². The lowest BCUT2D eigenvalue weighted by atomic mass is 9.78. The van der Waals surface area contributed by atoms with E-state index in [0.29, 0.717) is 18.9 Å². The minimum absolute atomic E-state index is 0.178. The molecule has 0 radical (unpaired) electrons. The van der Waals surface area contributed by atoms with E-state index in [-0.39, 0.29) is 17.7 Å². The van der Waals surface area contributed by atoms with Crippen LogP contribution in [0.4, 0.5) is 11.4 Å². The maximum Gasteiger partial charge on any atom is 0.163 e. The highest BCUT2D eigenvalue weighted by atomic mass is 16.5. The van der Waals surface area contributed by atoms with E-state index in [4.69, 9.17) is 4.74 Å². The van der Waals surface area contributed by atoms with Gasteiger partial charge in [-0.1, -0.05) is 69.3 Å². The van der Waals surface area contributed by atoms with E-state index in [2.05, 4.69) is 79.9 Å². The Morgan fingerprint density at radius 3 is 2.26 bits per heavy atom.